The summed E-state index contributed by atoms with van der Waals surface area (Å²) in [5.41, 5.74) is 6.89. The molecule has 8 heteroatoms. The van der Waals surface area contributed by atoms with Gasteiger partial charge in [0.2, 0.25) is 10.0 Å². The third kappa shape index (κ3) is 4.91. The first-order chi connectivity index (χ1) is 9.85. The van der Waals surface area contributed by atoms with Crippen molar-refractivity contribution in [1.29, 1.82) is 0 Å². The molecule has 0 aliphatic rings. The molecule has 120 valence electrons. The van der Waals surface area contributed by atoms with Gasteiger partial charge in [0.1, 0.15) is 0 Å². The number of nitrogens with two attached hydrogens (primary N) is 1. The number of hydrogen-bond donors (Lipinski definition) is 2. The number of ether oxygens (including phenoxy) is 2. The van der Waals surface area contributed by atoms with Crippen LogP contribution in [-0.2, 0) is 26.0 Å². The summed E-state index contributed by atoms with van der Waals surface area (Å²) >= 11 is 5.95. The number of benzene rings is 1. The smallest absolute Gasteiger partial charge is 0.240 e. The van der Waals surface area contributed by atoms with E-state index >= 15 is 0 Å². The highest BCUT2D eigenvalue weighted by Crippen LogP contribution is 2.24. The van der Waals surface area contributed by atoms with Gasteiger partial charge in [0.05, 0.1) is 17.6 Å². The summed E-state index contributed by atoms with van der Waals surface area (Å²) in [6, 6.07) is 3.08. The third-order valence-electron chi connectivity index (χ3n) is 3.13. The van der Waals surface area contributed by atoms with Gasteiger partial charge in [0, 0.05) is 32.3 Å². The van der Waals surface area contributed by atoms with Gasteiger partial charge in [0.15, 0.2) is 0 Å². The highest BCUT2D eigenvalue weighted by Gasteiger charge is 2.21. The molecule has 0 bridgehead atoms. The average molecular weight is 337 g/mol. The third-order valence-corrected chi connectivity index (χ3v) is 4.90. The molecular weight excluding hydrogens is 316 g/mol. The molecule has 0 aliphatic heterocycles. The summed E-state index contributed by atoms with van der Waals surface area (Å²) in [7, 11) is -0.677. The molecule has 0 radical (unpaired) electrons. The summed E-state index contributed by atoms with van der Waals surface area (Å²) in [6.45, 7) is 2.33. The average Bonchev–Trinajstić information content (AvgIpc) is 2.45. The van der Waals surface area contributed by atoms with Crippen LogP contribution >= 0.6 is 11.6 Å². The van der Waals surface area contributed by atoms with Gasteiger partial charge in [-0.2, -0.15) is 0 Å². The minimum absolute atomic E-state index is 0.108. The van der Waals surface area contributed by atoms with E-state index < -0.39 is 10.0 Å². The molecule has 1 aromatic carbocycles. The molecule has 21 heavy (non-hydrogen) atoms. The van der Waals surface area contributed by atoms with Crippen molar-refractivity contribution in [3.05, 3.63) is 28.3 Å². The van der Waals surface area contributed by atoms with Gasteiger partial charge in [0.25, 0.3) is 0 Å². The number of sulfonamides is 1. The van der Waals surface area contributed by atoms with Crippen molar-refractivity contribution in [3.8, 4) is 0 Å². The van der Waals surface area contributed by atoms with Crippen molar-refractivity contribution in [2.24, 2.45) is 5.73 Å². The first-order valence-corrected chi connectivity index (χ1v) is 8.22. The van der Waals surface area contributed by atoms with Crippen LogP contribution in [0.2, 0.25) is 5.02 Å². The molecule has 0 aromatic heterocycles. The lowest BCUT2D eigenvalue weighted by Crippen LogP contribution is -2.36. The Morgan fingerprint density at radius 2 is 2.05 bits per heavy atom. The Kier molecular flexibility index (Phi) is 7.05. The molecule has 0 amide bonds. The predicted octanol–water partition coefficient (Wildman–Crippen LogP) is 1.05. The fourth-order valence-corrected chi connectivity index (χ4v) is 3.56. The number of methoxy groups -OCH3 is 2. The Labute approximate surface area is 130 Å². The Bertz CT molecular complexity index is 578. The fraction of sp³-hybridized carbons (Fsp3) is 0.538. The van der Waals surface area contributed by atoms with E-state index in [9.17, 15) is 8.42 Å². The summed E-state index contributed by atoms with van der Waals surface area (Å²) in [5, 5.41) is 0.335. The molecule has 3 N–H and O–H groups in total. The van der Waals surface area contributed by atoms with Gasteiger partial charge in [-0.05, 0) is 30.2 Å². The van der Waals surface area contributed by atoms with Gasteiger partial charge >= 0.3 is 0 Å². The summed E-state index contributed by atoms with van der Waals surface area (Å²) in [4.78, 5) is 0.128. The number of halogens is 1. The second-order valence-electron chi connectivity index (χ2n) is 4.56. The largest absolute Gasteiger partial charge is 0.382 e. The van der Waals surface area contributed by atoms with Gasteiger partial charge in [-0.1, -0.05) is 11.6 Å². The topological polar surface area (TPSA) is 90.7 Å². The van der Waals surface area contributed by atoms with E-state index in [1.807, 2.05) is 0 Å². The molecule has 0 saturated carbocycles. The minimum Gasteiger partial charge on any atom is -0.382 e. The molecule has 0 aliphatic carbocycles. The molecule has 0 saturated heterocycles. The fourth-order valence-electron chi connectivity index (χ4n) is 1.88. The summed E-state index contributed by atoms with van der Waals surface area (Å²) in [5.74, 6) is 0. The van der Waals surface area contributed by atoms with Crippen LogP contribution in [-0.4, -0.2) is 41.9 Å². The van der Waals surface area contributed by atoms with E-state index in [4.69, 9.17) is 26.8 Å². The van der Waals surface area contributed by atoms with E-state index in [0.717, 1.165) is 0 Å². The number of rotatable bonds is 8. The summed E-state index contributed by atoms with van der Waals surface area (Å²) < 4.78 is 37.4. The maximum atomic E-state index is 12.4. The molecule has 1 atom stereocenters. The van der Waals surface area contributed by atoms with Crippen LogP contribution < -0.4 is 10.5 Å². The summed E-state index contributed by atoms with van der Waals surface area (Å²) in [6.07, 6.45) is -0.363. The van der Waals surface area contributed by atoms with E-state index in [1.165, 1.54) is 20.3 Å². The van der Waals surface area contributed by atoms with E-state index in [1.54, 1.807) is 13.0 Å². The molecule has 0 fully saturated rings. The SMILES string of the molecule is COCC(CNS(=O)(=O)c1cc(Cl)cc(CN)c1C)OC. The molecule has 1 rings (SSSR count). The molecular formula is C13H21ClN2O4S. The van der Waals surface area contributed by atoms with Crippen LogP contribution in [0.5, 0.6) is 0 Å². The van der Waals surface area contributed by atoms with Crippen molar-refractivity contribution in [2.45, 2.75) is 24.5 Å². The van der Waals surface area contributed by atoms with Crippen LogP contribution in [0, 0.1) is 6.92 Å². The second-order valence-corrected chi connectivity index (χ2v) is 6.73. The maximum absolute atomic E-state index is 12.4. The first-order valence-electron chi connectivity index (χ1n) is 6.36. The lowest BCUT2D eigenvalue weighted by atomic mass is 10.1. The van der Waals surface area contributed by atoms with E-state index in [0.29, 0.717) is 22.8 Å². The van der Waals surface area contributed by atoms with Crippen molar-refractivity contribution in [1.82, 2.24) is 4.72 Å². The van der Waals surface area contributed by atoms with Crippen LogP contribution in [0.15, 0.2) is 17.0 Å². The Hall–Kier alpha value is -0.700. The number of hydrogen-bond acceptors (Lipinski definition) is 5. The van der Waals surface area contributed by atoms with Crippen molar-refractivity contribution >= 4 is 21.6 Å². The lowest BCUT2D eigenvalue weighted by molar-refractivity contribution is 0.0320. The van der Waals surface area contributed by atoms with Gasteiger partial charge in [-0.15, -0.1) is 0 Å². The van der Waals surface area contributed by atoms with Crippen LogP contribution in [0.25, 0.3) is 0 Å². The first kappa shape index (κ1) is 18.3. The van der Waals surface area contributed by atoms with Crippen LogP contribution in [0.1, 0.15) is 11.1 Å². The predicted molar refractivity (Wildman–Crippen MR) is 81.9 cm³/mol. The van der Waals surface area contributed by atoms with E-state index in [-0.39, 0.29) is 24.1 Å². The lowest BCUT2D eigenvalue weighted by Gasteiger charge is -2.17. The zero-order chi connectivity index (χ0) is 16.0. The van der Waals surface area contributed by atoms with Gasteiger partial charge in [-0.25, -0.2) is 13.1 Å². The van der Waals surface area contributed by atoms with Gasteiger partial charge in [-0.3, -0.25) is 0 Å². The Balaban J connectivity index is 3.00. The quantitative estimate of drug-likeness (QED) is 0.740. The standard InChI is InChI=1S/C13H21ClN2O4S/c1-9-10(6-15)4-11(14)5-13(9)21(17,18)16-7-12(20-3)8-19-2/h4-5,12,16H,6-8,15H2,1-3H3. The minimum atomic E-state index is -3.70. The monoisotopic (exact) mass is 336 g/mol. The highest BCUT2D eigenvalue weighted by atomic mass is 35.5. The normalized spacial score (nSPS) is 13.4. The second kappa shape index (κ2) is 8.07. The van der Waals surface area contributed by atoms with Crippen LogP contribution in [0.4, 0.5) is 0 Å². The molecule has 0 heterocycles. The van der Waals surface area contributed by atoms with Crippen molar-refractivity contribution < 1.29 is 17.9 Å². The van der Waals surface area contributed by atoms with Crippen molar-refractivity contribution in [2.75, 3.05) is 27.4 Å². The number of nitrogens with one attached hydrogen (secondary N) is 1. The van der Waals surface area contributed by atoms with Crippen molar-refractivity contribution in [3.63, 3.8) is 0 Å². The highest BCUT2D eigenvalue weighted by molar-refractivity contribution is 7.89. The maximum Gasteiger partial charge on any atom is 0.240 e. The van der Waals surface area contributed by atoms with E-state index in [2.05, 4.69) is 4.72 Å². The zero-order valence-electron chi connectivity index (χ0n) is 12.3. The molecule has 1 aromatic rings. The zero-order valence-corrected chi connectivity index (χ0v) is 13.9. The Morgan fingerprint density at radius 3 is 2.57 bits per heavy atom. The van der Waals surface area contributed by atoms with Gasteiger partial charge < -0.3 is 15.2 Å². The Morgan fingerprint density at radius 1 is 1.38 bits per heavy atom. The molecule has 0 spiro atoms. The molecule has 1 unspecified atom stereocenters. The van der Waals surface area contributed by atoms with Crippen LogP contribution in [0.3, 0.4) is 0 Å². The molecule has 6 nitrogen and oxygen atoms in total.